The van der Waals surface area contributed by atoms with Crippen molar-refractivity contribution in [2.45, 2.75) is 41.5 Å². The molecule has 0 aliphatic carbocycles. The van der Waals surface area contributed by atoms with E-state index in [1.54, 1.807) is 12.1 Å². The average molecular weight is 555 g/mol. The second kappa shape index (κ2) is 9.22. The number of aryl methyl sites for hydroxylation is 6. The fourth-order valence-electron chi connectivity index (χ4n) is 7.20. The number of rotatable bonds is 2. The van der Waals surface area contributed by atoms with Crippen LogP contribution in [0.2, 0.25) is 0 Å². The van der Waals surface area contributed by atoms with Gasteiger partial charge in [0, 0.05) is 23.2 Å². The number of amidine groups is 1. The van der Waals surface area contributed by atoms with Gasteiger partial charge in [-0.25, -0.2) is 0 Å². The van der Waals surface area contributed by atoms with Gasteiger partial charge in [0.05, 0.1) is 5.52 Å². The molecule has 4 aromatic carbocycles. The van der Waals surface area contributed by atoms with Crippen molar-refractivity contribution < 1.29 is 13.1 Å². The van der Waals surface area contributed by atoms with Gasteiger partial charge >= 0.3 is 6.97 Å². The zero-order valence-electron chi connectivity index (χ0n) is 24.8. The predicted octanol–water partition coefficient (Wildman–Crippen LogP) is 9.11. The minimum absolute atomic E-state index is 0.254. The summed E-state index contributed by atoms with van der Waals surface area (Å²) < 4.78 is 34.7. The van der Waals surface area contributed by atoms with E-state index in [-0.39, 0.29) is 11.7 Å². The van der Waals surface area contributed by atoms with Crippen LogP contribution in [0, 0.1) is 41.5 Å². The Kier molecular flexibility index (Phi) is 5.78. The Balaban J connectivity index is 1.36. The normalized spacial score (nSPS) is 14.9. The Hall–Kier alpha value is -4.58. The monoisotopic (exact) mass is 555 g/mol. The third-order valence-corrected chi connectivity index (χ3v) is 8.67. The van der Waals surface area contributed by atoms with E-state index in [0.717, 1.165) is 42.5 Å². The smallest absolute Gasteiger partial charge is 0.414 e. The minimum atomic E-state index is -4.23. The van der Waals surface area contributed by atoms with E-state index < -0.39 is 6.97 Å². The van der Waals surface area contributed by atoms with Crippen molar-refractivity contribution >= 4 is 41.3 Å². The molecule has 42 heavy (non-hydrogen) atoms. The molecular weight excluding hydrogens is 523 g/mol. The molecule has 0 radical (unpaired) electrons. The van der Waals surface area contributed by atoms with Crippen LogP contribution in [0.15, 0.2) is 83.9 Å². The lowest BCUT2D eigenvalue weighted by Crippen LogP contribution is -2.73. The molecule has 208 valence electrons. The molecule has 2 aliphatic rings. The van der Waals surface area contributed by atoms with E-state index in [1.807, 2.05) is 48.5 Å². The first-order valence-corrected chi connectivity index (χ1v) is 14.4. The summed E-state index contributed by atoms with van der Waals surface area (Å²) in [5, 5.41) is 0.754. The molecule has 0 atom stereocenters. The number of hydrogen-bond donors (Lipinski definition) is 0. The van der Waals surface area contributed by atoms with Gasteiger partial charge < -0.3 is 17.9 Å². The molecule has 1 aromatic heterocycles. The minimum Gasteiger partial charge on any atom is -0.414 e. The van der Waals surface area contributed by atoms with Gasteiger partial charge in [-0.15, -0.1) is 0 Å². The third kappa shape index (κ3) is 3.92. The van der Waals surface area contributed by atoms with Gasteiger partial charge in [0.25, 0.3) is 5.82 Å². The van der Waals surface area contributed by atoms with Crippen molar-refractivity contribution in [3.63, 3.8) is 0 Å². The van der Waals surface area contributed by atoms with Gasteiger partial charge in [-0.2, -0.15) is 0 Å². The van der Waals surface area contributed by atoms with E-state index in [4.69, 9.17) is 4.99 Å². The van der Waals surface area contributed by atoms with Gasteiger partial charge in [-0.05, 0) is 133 Å². The third-order valence-electron chi connectivity index (χ3n) is 8.67. The maximum Gasteiger partial charge on any atom is 0.642 e. The van der Waals surface area contributed by atoms with Gasteiger partial charge in [-0.1, -0.05) is 47.5 Å². The number of pyridine rings is 1. The fourth-order valence-corrected chi connectivity index (χ4v) is 7.20. The number of nitrogens with zero attached hydrogens (tertiary/aromatic N) is 3. The molecular formula is C36H32BF2N3. The van der Waals surface area contributed by atoms with Crippen LogP contribution in [0.3, 0.4) is 0 Å². The highest BCUT2D eigenvalue weighted by Gasteiger charge is 2.51. The van der Waals surface area contributed by atoms with Gasteiger partial charge in [0.2, 0.25) is 5.84 Å². The number of hydrogen-bond acceptors (Lipinski definition) is 2. The standard InChI is InChI=1S/C36H32BF2N3/c1-21-15-23(3)35(24(4)16-21)29-7-11-31-27(19-29)9-13-33-40-34-14-10-28-20-30(36-25(5)17-22(2)18-26(36)6)8-12-32(28)42(34)37(38,39)41(31)33/h7-20H,1-6H3. The van der Waals surface area contributed by atoms with Crippen LogP contribution >= 0.6 is 0 Å². The highest BCUT2D eigenvalue weighted by molar-refractivity contribution is 6.69. The Morgan fingerprint density at radius 1 is 0.643 bits per heavy atom. The largest absolute Gasteiger partial charge is 0.642 e. The molecule has 0 saturated carbocycles. The zero-order chi connectivity index (χ0) is 29.5. The average Bonchev–Trinajstić information content (AvgIpc) is 2.91. The van der Waals surface area contributed by atoms with Crippen LogP contribution in [0.25, 0.3) is 39.2 Å². The lowest BCUT2D eigenvalue weighted by molar-refractivity contribution is -0.524. The van der Waals surface area contributed by atoms with Crippen LogP contribution in [-0.4, -0.2) is 12.8 Å². The van der Waals surface area contributed by atoms with E-state index >= 15 is 8.63 Å². The van der Waals surface area contributed by atoms with E-state index in [1.165, 1.54) is 33.4 Å². The molecule has 3 nitrogen and oxygen atoms in total. The maximum atomic E-state index is 16.8. The summed E-state index contributed by atoms with van der Waals surface area (Å²) in [6.45, 7) is 8.35. The lowest BCUT2D eigenvalue weighted by Gasteiger charge is -2.41. The van der Waals surface area contributed by atoms with Gasteiger partial charge in [0.15, 0.2) is 0 Å². The second-order valence-electron chi connectivity index (χ2n) is 11.9. The quantitative estimate of drug-likeness (QED) is 0.199. The van der Waals surface area contributed by atoms with Crippen LogP contribution < -0.4 is 9.29 Å². The Morgan fingerprint density at radius 2 is 1.21 bits per heavy atom. The first kappa shape index (κ1) is 26.3. The molecule has 2 aliphatic heterocycles. The van der Waals surface area contributed by atoms with Crippen LogP contribution in [0.4, 0.5) is 20.1 Å². The number of aromatic nitrogens is 1. The summed E-state index contributed by atoms with van der Waals surface area (Å²) in [6, 6.07) is 23.8. The lowest BCUT2D eigenvalue weighted by atomic mass is 9.84. The van der Waals surface area contributed by atoms with E-state index in [9.17, 15) is 0 Å². The Morgan fingerprint density at radius 3 is 1.83 bits per heavy atom. The molecule has 0 unspecified atom stereocenters. The number of fused-ring (bicyclic) bond motifs is 6. The molecule has 0 spiro atoms. The summed E-state index contributed by atoms with van der Waals surface area (Å²) in [6.07, 6.45) is 3.60. The molecule has 0 saturated heterocycles. The summed E-state index contributed by atoms with van der Waals surface area (Å²) >= 11 is 0. The van der Waals surface area contributed by atoms with Gasteiger partial charge in [-0.3, -0.25) is 0 Å². The number of anilines is 1. The SMILES string of the molecule is Cc1cc(C)c(-c2ccc3c(c2)C=CC2=Nc4ccc5cc(-c6c(C)cc(C)cc6C)ccc5[n+]4[B-](F)(F)N23)c(C)c1. The van der Waals surface area contributed by atoms with Crippen LogP contribution in [0.1, 0.15) is 38.9 Å². The van der Waals surface area contributed by atoms with Crippen molar-refractivity contribution in [3.8, 4) is 22.3 Å². The summed E-state index contributed by atoms with van der Waals surface area (Å²) in [5.41, 5.74) is 13.1. The number of aliphatic imine (C=N–C) groups is 1. The van der Waals surface area contributed by atoms with Crippen molar-refractivity contribution in [1.29, 1.82) is 0 Å². The van der Waals surface area contributed by atoms with Gasteiger partial charge in [0.1, 0.15) is 0 Å². The Labute approximate surface area is 245 Å². The van der Waals surface area contributed by atoms with Crippen molar-refractivity contribution in [2.24, 2.45) is 4.99 Å². The fraction of sp³-hybridized carbons (Fsp3) is 0.167. The Bertz CT molecular complexity index is 1990. The first-order chi connectivity index (χ1) is 20.0. The van der Waals surface area contributed by atoms with Crippen LogP contribution in [-0.2, 0) is 0 Å². The summed E-state index contributed by atoms with van der Waals surface area (Å²) in [5.74, 6) is 0.509. The summed E-state index contributed by atoms with van der Waals surface area (Å²) in [4.78, 5) is 5.83. The molecule has 0 N–H and O–H groups in total. The predicted molar refractivity (Wildman–Crippen MR) is 172 cm³/mol. The highest BCUT2D eigenvalue weighted by Crippen LogP contribution is 2.40. The van der Waals surface area contributed by atoms with Crippen molar-refractivity contribution in [3.05, 3.63) is 118 Å². The van der Waals surface area contributed by atoms with E-state index in [0.29, 0.717) is 11.2 Å². The zero-order valence-corrected chi connectivity index (χ0v) is 24.8. The molecule has 0 fully saturated rings. The molecule has 0 amide bonds. The molecule has 6 heteroatoms. The topological polar surface area (TPSA) is 19.5 Å². The number of benzene rings is 4. The molecule has 5 aromatic rings. The van der Waals surface area contributed by atoms with Crippen LogP contribution in [0.5, 0.6) is 0 Å². The van der Waals surface area contributed by atoms with Crippen molar-refractivity contribution in [2.75, 3.05) is 4.81 Å². The number of halogens is 2. The molecule has 7 rings (SSSR count). The highest BCUT2D eigenvalue weighted by atomic mass is 19.2. The summed E-state index contributed by atoms with van der Waals surface area (Å²) in [7, 11) is 0. The maximum absolute atomic E-state index is 16.8. The van der Waals surface area contributed by atoms with E-state index in [2.05, 4.69) is 65.8 Å². The molecule has 3 heterocycles. The van der Waals surface area contributed by atoms with Crippen molar-refractivity contribution in [1.82, 2.24) is 0 Å². The second-order valence-corrected chi connectivity index (χ2v) is 11.9. The first-order valence-electron chi connectivity index (χ1n) is 14.4. The molecule has 0 bridgehead atoms.